The maximum atomic E-state index is 13.8. The van der Waals surface area contributed by atoms with E-state index in [1.165, 1.54) is 18.6 Å². The molecule has 5 nitrogen and oxygen atoms in total. The van der Waals surface area contributed by atoms with Gasteiger partial charge in [0.25, 0.3) is 0 Å². The van der Waals surface area contributed by atoms with Crippen LogP contribution in [-0.2, 0) is 5.41 Å². The highest BCUT2D eigenvalue weighted by Gasteiger charge is 2.72. The summed E-state index contributed by atoms with van der Waals surface area (Å²) in [5.41, 5.74) is -2.22. The molecule has 0 aliphatic carbocycles. The molecule has 0 saturated heterocycles. The summed E-state index contributed by atoms with van der Waals surface area (Å²) in [5.74, 6) is -0.164. The summed E-state index contributed by atoms with van der Waals surface area (Å²) in [7, 11) is 0. The minimum Gasteiger partial charge on any atom is -0.508 e. The van der Waals surface area contributed by atoms with E-state index in [0.29, 0.717) is 24.7 Å². The van der Waals surface area contributed by atoms with E-state index in [9.17, 15) is 36.2 Å². The van der Waals surface area contributed by atoms with Crippen molar-refractivity contribution >= 4 is 23.2 Å². The van der Waals surface area contributed by atoms with Crippen molar-refractivity contribution in [1.29, 1.82) is 0 Å². The fraction of sp³-hybridized carbons (Fsp3) is 0.250. The van der Waals surface area contributed by atoms with Gasteiger partial charge in [0.2, 0.25) is 5.41 Å². The molecule has 4 rings (SSSR count). The highest BCUT2D eigenvalue weighted by atomic mass is 19.4. The molecular weight excluding hydrogens is 624 g/mol. The topological polar surface area (TPSA) is 59.0 Å². The van der Waals surface area contributed by atoms with Gasteiger partial charge in [-0.3, -0.25) is 0 Å². The van der Waals surface area contributed by atoms with Crippen molar-refractivity contribution in [3.05, 3.63) is 120 Å². The molecule has 0 fully saturated rings. The molecule has 47 heavy (non-hydrogen) atoms. The fourth-order valence-electron chi connectivity index (χ4n) is 4.95. The second-order valence-corrected chi connectivity index (χ2v) is 10.8. The van der Waals surface area contributed by atoms with E-state index in [1.54, 1.807) is 36.4 Å². The second-order valence-electron chi connectivity index (χ2n) is 10.8. The lowest BCUT2D eigenvalue weighted by Gasteiger charge is -2.38. The third kappa shape index (κ3) is 8.08. The van der Waals surface area contributed by atoms with Crippen LogP contribution in [0.1, 0.15) is 43.9 Å². The lowest BCUT2D eigenvalue weighted by atomic mass is 9.73. The molecule has 0 atom stereocenters. The van der Waals surface area contributed by atoms with E-state index in [2.05, 4.69) is 20.4 Å². The largest absolute Gasteiger partial charge is 0.519 e. The molecule has 4 aromatic rings. The SMILES string of the molecule is C=C(C)C(c1ccc(OC(=O)Oc2ccc(N(c3ccc(O)cc3)c3ccc(C)cc3C)cc2)cc1)(C(F)(F)F)C(F)(F)F.CCC. The molecule has 4 aromatic carbocycles. The van der Waals surface area contributed by atoms with Crippen molar-refractivity contribution in [3.8, 4) is 17.2 Å². The number of alkyl halides is 6. The van der Waals surface area contributed by atoms with Crippen molar-refractivity contribution in [2.45, 2.75) is 58.8 Å². The number of carbonyl (C=O) groups excluding carboxylic acids is 1. The smallest absolute Gasteiger partial charge is 0.508 e. The van der Waals surface area contributed by atoms with Gasteiger partial charge < -0.3 is 19.5 Å². The number of anilines is 3. The van der Waals surface area contributed by atoms with E-state index in [-0.39, 0.29) is 17.2 Å². The summed E-state index contributed by atoms with van der Waals surface area (Å²) in [6, 6.07) is 21.6. The normalized spacial score (nSPS) is 11.6. The van der Waals surface area contributed by atoms with E-state index >= 15 is 0 Å². The van der Waals surface area contributed by atoms with E-state index in [0.717, 1.165) is 34.6 Å². The molecule has 0 unspecified atom stereocenters. The molecule has 11 heteroatoms. The molecule has 0 heterocycles. The van der Waals surface area contributed by atoms with Gasteiger partial charge in [-0.15, -0.1) is 0 Å². The van der Waals surface area contributed by atoms with Crippen molar-refractivity contribution in [3.63, 3.8) is 0 Å². The molecule has 1 N–H and O–H groups in total. The lowest BCUT2D eigenvalue weighted by molar-refractivity contribution is -0.289. The van der Waals surface area contributed by atoms with Crippen LogP contribution in [0.15, 0.2) is 103 Å². The maximum absolute atomic E-state index is 13.8. The Morgan fingerprint density at radius 2 is 1.17 bits per heavy atom. The quantitative estimate of drug-likeness (QED) is 0.0926. The molecule has 0 bridgehead atoms. The molecule has 0 spiro atoms. The van der Waals surface area contributed by atoms with Gasteiger partial charge in [0.1, 0.15) is 17.2 Å². The molecule has 250 valence electrons. The van der Waals surface area contributed by atoms with Crippen molar-refractivity contribution < 1.29 is 45.7 Å². The molecule has 0 radical (unpaired) electrons. The Bertz CT molecular complexity index is 1650. The number of carbonyl (C=O) groups is 1. The van der Waals surface area contributed by atoms with Crippen LogP contribution in [0.25, 0.3) is 0 Å². The molecule has 0 amide bonds. The van der Waals surface area contributed by atoms with Crippen LogP contribution < -0.4 is 14.4 Å². The van der Waals surface area contributed by atoms with Gasteiger partial charge >= 0.3 is 18.5 Å². The number of aryl methyl sites for hydroxylation is 2. The van der Waals surface area contributed by atoms with Crippen LogP contribution in [0.3, 0.4) is 0 Å². The summed E-state index contributed by atoms with van der Waals surface area (Å²) in [6.45, 7) is 11.8. The van der Waals surface area contributed by atoms with Crippen LogP contribution in [0.5, 0.6) is 17.2 Å². The zero-order chi connectivity index (χ0) is 35.2. The van der Waals surface area contributed by atoms with Gasteiger partial charge in [-0.1, -0.05) is 62.2 Å². The predicted molar refractivity (Wildman–Crippen MR) is 170 cm³/mol. The highest BCUT2D eigenvalue weighted by molar-refractivity contribution is 5.79. The van der Waals surface area contributed by atoms with Gasteiger partial charge in [-0.05, 0) is 98.6 Å². The number of halogens is 6. The number of phenolic OH excluding ortho intramolecular Hbond substituents is 1. The van der Waals surface area contributed by atoms with Crippen molar-refractivity contribution in [1.82, 2.24) is 0 Å². The standard InChI is InChI=1S/C33H27F6NO4.C3H8/c1-20(2)31(32(34,35)36,33(37,38)39)23-6-14-27(15-7-23)43-30(42)44-28-16-10-25(11-17-28)40(24-8-12-26(41)13-9-24)29-18-5-21(3)19-22(29)4;1-3-2/h5-19,41H,1H2,2-4H3;3H2,1-2H3. The summed E-state index contributed by atoms with van der Waals surface area (Å²) < 4.78 is 92.9. The number of phenols is 1. The minimum atomic E-state index is -5.72. The lowest BCUT2D eigenvalue weighted by Crippen LogP contribution is -2.54. The molecule has 0 saturated carbocycles. The van der Waals surface area contributed by atoms with Crippen LogP contribution >= 0.6 is 0 Å². The van der Waals surface area contributed by atoms with Crippen LogP contribution in [0.4, 0.5) is 48.2 Å². The van der Waals surface area contributed by atoms with Gasteiger partial charge in [0.15, 0.2) is 0 Å². The summed E-state index contributed by atoms with van der Waals surface area (Å²) in [4.78, 5) is 14.3. The predicted octanol–water partition coefficient (Wildman–Crippen LogP) is 11.4. The van der Waals surface area contributed by atoms with Crippen molar-refractivity contribution in [2.24, 2.45) is 0 Å². The molecular formula is C36H35F6NO4. The Balaban J connectivity index is 0.00000192. The summed E-state index contributed by atoms with van der Waals surface area (Å²) in [5, 5.41) is 9.76. The second kappa shape index (κ2) is 14.7. The Labute approximate surface area is 269 Å². The Morgan fingerprint density at radius 3 is 1.57 bits per heavy atom. The van der Waals surface area contributed by atoms with Crippen LogP contribution in [0.2, 0.25) is 0 Å². The minimum absolute atomic E-state index is 0.0668. The number of allylic oxidation sites excluding steroid dienone is 1. The number of aromatic hydroxyl groups is 1. The summed E-state index contributed by atoms with van der Waals surface area (Å²) >= 11 is 0. The van der Waals surface area contributed by atoms with Crippen LogP contribution in [-0.4, -0.2) is 23.6 Å². The first-order valence-corrected chi connectivity index (χ1v) is 14.5. The third-order valence-electron chi connectivity index (χ3n) is 6.98. The number of hydrogen-bond acceptors (Lipinski definition) is 5. The Kier molecular flexibility index (Phi) is 11.4. The first-order chi connectivity index (χ1) is 22.0. The highest BCUT2D eigenvalue weighted by Crippen LogP contribution is 2.56. The Morgan fingerprint density at radius 1 is 0.745 bits per heavy atom. The van der Waals surface area contributed by atoms with Gasteiger partial charge in [0.05, 0.1) is 0 Å². The molecule has 0 aromatic heterocycles. The maximum Gasteiger partial charge on any atom is 0.519 e. The average molecular weight is 660 g/mol. The van der Waals surface area contributed by atoms with Gasteiger partial charge in [-0.25, -0.2) is 4.79 Å². The van der Waals surface area contributed by atoms with Gasteiger partial charge in [-0.2, -0.15) is 26.3 Å². The number of hydrogen-bond donors (Lipinski definition) is 1. The van der Waals surface area contributed by atoms with E-state index < -0.39 is 35.1 Å². The molecule has 0 aliphatic heterocycles. The average Bonchev–Trinajstić information content (AvgIpc) is 2.96. The third-order valence-corrected chi connectivity index (χ3v) is 6.98. The van der Waals surface area contributed by atoms with Crippen LogP contribution in [0, 0.1) is 13.8 Å². The molecule has 0 aliphatic rings. The first-order valence-electron chi connectivity index (χ1n) is 14.5. The number of rotatable bonds is 7. The van der Waals surface area contributed by atoms with Crippen molar-refractivity contribution in [2.75, 3.05) is 4.90 Å². The number of ether oxygens (including phenoxy) is 2. The zero-order valence-corrected chi connectivity index (χ0v) is 26.5. The summed E-state index contributed by atoms with van der Waals surface area (Å²) in [6.07, 6.45) is -11.4. The fourth-order valence-corrected chi connectivity index (χ4v) is 4.95. The number of benzene rings is 4. The zero-order valence-electron chi connectivity index (χ0n) is 26.5. The van der Waals surface area contributed by atoms with Gasteiger partial charge in [0, 0.05) is 17.1 Å². The monoisotopic (exact) mass is 659 g/mol. The number of nitrogens with zero attached hydrogens (tertiary/aromatic N) is 1. The van der Waals surface area contributed by atoms with E-state index in [4.69, 9.17) is 9.47 Å². The first kappa shape index (κ1) is 36.5. The Hall–Kier alpha value is -4.93. The van der Waals surface area contributed by atoms with E-state index in [1.807, 2.05) is 36.9 Å².